The van der Waals surface area contributed by atoms with Crippen LogP contribution in [0.1, 0.15) is 52.8 Å². The van der Waals surface area contributed by atoms with E-state index >= 15 is 0 Å². The Bertz CT molecular complexity index is 838. The second-order valence-electron chi connectivity index (χ2n) is 6.65. The minimum absolute atomic E-state index is 0.0558. The van der Waals surface area contributed by atoms with Gasteiger partial charge in [-0.3, -0.25) is 0 Å². The van der Waals surface area contributed by atoms with Gasteiger partial charge >= 0.3 is 18.3 Å². The van der Waals surface area contributed by atoms with Gasteiger partial charge in [0.25, 0.3) is 0 Å². The third-order valence-corrected chi connectivity index (χ3v) is 4.45. The van der Waals surface area contributed by atoms with E-state index < -0.39 is 24.1 Å². The molecular weight excluding hydrogens is 389 g/mol. The van der Waals surface area contributed by atoms with E-state index in [1.165, 1.54) is 36.4 Å². The van der Waals surface area contributed by atoms with E-state index in [9.17, 15) is 22.8 Å². The van der Waals surface area contributed by atoms with Gasteiger partial charge in [0.1, 0.15) is 17.6 Å². The first-order valence-electron chi connectivity index (χ1n) is 9.19. The highest BCUT2D eigenvalue weighted by Crippen LogP contribution is 2.24. The standard InChI is InChI=1S/C21H19F3O5/c22-21(23,24)29-18-12-8-15(9-13-18)20(26)28-17-10-6-14(7-11-17)19(25)27-16-4-2-1-3-5-16/h6-13,16H,1-5H2. The zero-order valence-corrected chi connectivity index (χ0v) is 15.4. The third kappa shape index (κ3) is 6.23. The summed E-state index contributed by atoms with van der Waals surface area (Å²) >= 11 is 0. The zero-order valence-electron chi connectivity index (χ0n) is 15.4. The summed E-state index contributed by atoms with van der Waals surface area (Å²) in [6.45, 7) is 0. The topological polar surface area (TPSA) is 61.8 Å². The normalized spacial score (nSPS) is 14.9. The van der Waals surface area contributed by atoms with Crippen molar-refractivity contribution in [1.82, 2.24) is 0 Å². The predicted octanol–water partition coefficient (Wildman–Crippen LogP) is 5.29. The molecule has 1 aliphatic carbocycles. The molecule has 0 saturated heterocycles. The van der Waals surface area contributed by atoms with Crippen LogP contribution in [0.2, 0.25) is 0 Å². The average molecular weight is 408 g/mol. The molecule has 0 amide bonds. The molecule has 2 aromatic rings. The molecule has 0 N–H and O–H groups in total. The molecule has 8 heteroatoms. The van der Waals surface area contributed by atoms with Crippen LogP contribution in [0, 0.1) is 0 Å². The average Bonchev–Trinajstić information content (AvgIpc) is 2.68. The smallest absolute Gasteiger partial charge is 0.459 e. The Morgan fingerprint density at radius 2 is 1.28 bits per heavy atom. The van der Waals surface area contributed by atoms with Gasteiger partial charge in [0, 0.05) is 0 Å². The van der Waals surface area contributed by atoms with Crippen LogP contribution < -0.4 is 9.47 Å². The molecule has 0 atom stereocenters. The Hall–Kier alpha value is -3.03. The SMILES string of the molecule is O=C(Oc1ccc(C(=O)OC2CCCCC2)cc1)c1ccc(OC(F)(F)F)cc1. The monoisotopic (exact) mass is 408 g/mol. The van der Waals surface area contributed by atoms with Crippen LogP contribution in [0.4, 0.5) is 13.2 Å². The molecule has 2 aromatic carbocycles. The summed E-state index contributed by atoms with van der Waals surface area (Å²) in [5, 5.41) is 0. The number of alkyl halides is 3. The molecule has 29 heavy (non-hydrogen) atoms. The van der Waals surface area contributed by atoms with Crippen LogP contribution in [0.3, 0.4) is 0 Å². The maximum absolute atomic E-state index is 12.2. The van der Waals surface area contributed by atoms with Crippen LogP contribution in [0.15, 0.2) is 48.5 Å². The van der Waals surface area contributed by atoms with Gasteiger partial charge in [-0.1, -0.05) is 6.42 Å². The quantitative estimate of drug-likeness (QED) is 0.497. The Balaban J connectivity index is 1.56. The summed E-state index contributed by atoms with van der Waals surface area (Å²) in [6, 6.07) is 10.3. The molecule has 1 saturated carbocycles. The van der Waals surface area contributed by atoms with Crippen molar-refractivity contribution in [1.29, 1.82) is 0 Å². The van der Waals surface area contributed by atoms with E-state index in [0.717, 1.165) is 44.2 Å². The molecule has 154 valence electrons. The second-order valence-corrected chi connectivity index (χ2v) is 6.65. The highest BCUT2D eigenvalue weighted by Gasteiger charge is 2.31. The highest BCUT2D eigenvalue weighted by atomic mass is 19.4. The predicted molar refractivity (Wildman–Crippen MR) is 96.8 cm³/mol. The van der Waals surface area contributed by atoms with E-state index in [4.69, 9.17) is 9.47 Å². The zero-order chi connectivity index (χ0) is 20.9. The van der Waals surface area contributed by atoms with Crippen molar-refractivity contribution < 1.29 is 37.0 Å². The highest BCUT2D eigenvalue weighted by molar-refractivity contribution is 5.92. The molecule has 0 unspecified atom stereocenters. The summed E-state index contributed by atoms with van der Waals surface area (Å²) in [5.74, 6) is -1.41. The van der Waals surface area contributed by atoms with E-state index in [1.807, 2.05) is 0 Å². The first-order valence-corrected chi connectivity index (χ1v) is 9.19. The van der Waals surface area contributed by atoms with Crippen molar-refractivity contribution in [2.24, 2.45) is 0 Å². The minimum atomic E-state index is -4.80. The lowest BCUT2D eigenvalue weighted by molar-refractivity contribution is -0.274. The molecule has 5 nitrogen and oxygen atoms in total. The number of esters is 2. The number of ether oxygens (including phenoxy) is 3. The van der Waals surface area contributed by atoms with Gasteiger partial charge in [0.2, 0.25) is 0 Å². The van der Waals surface area contributed by atoms with Gasteiger partial charge in [-0.15, -0.1) is 13.2 Å². The van der Waals surface area contributed by atoms with Crippen molar-refractivity contribution >= 4 is 11.9 Å². The molecular formula is C21H19F3O5. The van der Waals surface area contributed by atoms with Crippen LogP contribution >= 0.6 is 0 Å². The van der Waals surface area contributed by atoms with Crippen LogP contribution in [0.25, 0.3) is 0 Å². The molecule has 0 spiro atoms. The summed E-state index contributed by atoms with van der Waals surface area (Å²) in [6.07, 6.45) is 0.140. The third-order valence-electron chi connectivity index (χ3n) is 4.45. The van der Waals surface area contributed by atoms with E-state index in [1.54, 1.807) is 0 Å². The number of halogens is 3. The maximum atomic E-state index is 12.2. The van der Waals surface area contributed by atoms with Crippen LogP contribution in [-0.4, -0.2) is 24.4 Å². The van der Waals surface area contributed by atoms with E-state index in [-0.39, 0.29) is 17.4 Å². The number of rotatable bonds is 5. The molecule has 0 aliphatic heterocycles. The summed E-state index contributed by atoms with van der Waals surface area (Å²) in [7, 11) is 0. The lowest BCUT2D eigenvalue weighted by atomic mass is 9.98. The minimum Gasteiger partial charge on any atom is -0.459 e. The number of hydrogen-bond donors (Lipinski definition) is 0. The van der Waals surface area contributed by atoms with Crippen LogP contribution in [0.5, 0.6) is 11.5 Å². The Morgan fingerprint density at radius 1 is 0.759 bits per heavy atom. The summed E-state index contributed by atoms with van der Waals surface area (Å²) < 4.78 is 50.9. The molecule has 0 bridgehead atoms. The second kappa shape index (κ2) is 8.98. The molecule has 0 aromatic heterocycles. The Morgan fingerprint density at radius 3 is 1.83 bits per heavy atom. The molecule has 0 radical (unpaired) electrons. The van der Waals surface area contributed by atoms with Crippen molar-refractivity contribution in [2.45, 2.75) is 44.6 Å². The van der Waals surface area contributed by atoms with E-state index in [2.05, 4.69) is 4.74 Å². The lowest BCUT2D eigenvalue weighted by Crippen LogP contribution is -2.20. The van der Waals surface area contributed by atoms with Crippen molar-refractivity contribution in [3.63, 3.8) is 0 Å². The number of carbonyl (C=O) groups is 2. The number of benzene rings is 2. The number of hydrogen-bond acceptors (Lipinski definition) is 5. The fraction of sp³-hybridized carbons (Fsp3) is 0.333. The fourth-order valence-electron chi connectivity index (χ4n) is 3.02. The largest absolute Gasteiger partial charge is 0.573 e. The fourth-order valence-corrected chi connectivity index (χ4v) is 3.02. The Kier molecular flexibility index (Phi) is 6.41. The summed E-state index contributed by atoms with van der Waals surface area (Å²) in [4.78, 5) is 24.3. The molecule has 1 fully saturated rings. The molecule has 0 heterocycles. The van der Waals surface area contributed by atoms with Crippen molar-refractivity contribution in [3.05, 3.63) is 59.7 Å². The molecule has 3 rings (SSSR count). The molecule has 1 aliphatic rings. The summed E-state index contributed by atoms with van der Waals surface area (Å²) in [5.41, 5.74) is 0.407. The van der Waals surface area contributed by atoms with Crippen molar-refractivity contribution in [3.8, 4) is 11.5 Å². The van der Waals surface area contributed by atoms with Gasteiger partial charge in [0.15, 0.2) is 0 Å². The van der Waals surface area contributed by atoms with Gasteiger partial charge in [0.05, 0.1) is 11.1 Å². The van der Waals surface area contributed by atoms with Gasteiger partial charge < -0.3 is 14.2 Å². The Labute approximate surface area is 165 Å². The van der Waals surface area contributed by atoms with Gasteiger partial charge in [-0.25, -0.2) is 9.59 Å². The van der Waals surface area contributed by atoms with Gasteiger partial charge in [-0.2, -0.15) is 0 Å². The number of carbonyl (C=O) groups excluding carboxylic acids is 2. The first-order chi connectivity index (χ1) is 13.8. The van der Waals surface area contributed by atoms with E-state index in [0.29, 0.717) is 5.56 Å². The van der Waals surface area contributed by atoms with Crippen LogP contribution in [-0.2, 0) is 4.74 Å². The van der Waals surface area contributed by atoms with Gasteiger partial charge in [-0.05, 0) is 74.2 Å². The first kappa shape index (κ1) is 20.7. The maximum Gasteiger partial charge on any atom is 0.573 e. The van der Waals surface area contributed by atoms with Crippen molar-refractivity contribution in [2.75, 3.05) is 0 Å². The lowest BCUT2D eigenvalue weighted by Gasteiger charge is -2.21.